The minimum atomic E-state index is -3.77. The van der Waals surface area contributed by atoms with Crippen molar-refractivity contribution in [2.24, 2.45) is 0 Å². The summed E-state index contributed by atoms with van der Waals surface area (Å²) in [6, 6.07) is 18.5. The predicted octanol–water partition coefficient (Wildman–Crippen LogP) is 4.86. The molecule has 0 saturated carbocycles. The summed E-state index contributed by atoms with van der Waals surface area (Å²) in [4.78, 5) is 0.171. The number of hydrogen-bond donors (Lipinski definition) is 1. The second kappa shape index (κ2) is 7.58. The molecule has 0 aromatic heterocycles. The van der Waals surface area contributed by atoms with Gasteiger partial charge in [0.05, 0.1) is 10.9 Å². The summed E-state index contributed by atoms with van der Waals surface area (Å²) in [5, 5.41) is 0.549. The standard InChI is InChI=1S/C20H17ClFNO2S/c1-14-2-12-19(13-3-14)26(24,25)23-20(15-4-8-17(21)9-5-15)16-6-10-18(22)11-7-16/h2-13,20,23H,1H3. The van der Waals surface area contributed by atoms with Crippen molar-refractivity contribution in [3.63, 3.8) is 0 Å². The van der Waals surface area contributed by atoms with Crippen molar-refractivity contribution < 1.29 is 12.8 Å². The maximum absolute atomic E-state index is 13.3. The lowest BCUT2D eigenvalue weighted by atomic mass is 10.00. The van der Waals surface area contributed by atoms with Crippen molar-refractivity contribution in [1.29, 1.82) is 0 Å². The van der Waals surface area contributed by atoms with Gasteiger partial charge in [-0.3, -0.25) is 0 Å². The number of hydrogen-bond acceptors (Lipinski definition) is 2. The topological polar surface area (TPSA) is 46.2 Å². The lowest BCUT2D eigenvalue weighted by molar-refractivity contribution is 0.571. The Hall–Kier alpha value is -2.21. The second-order valence-electron chi connectivity index (χ2n) is 5.97. The summed E-state index contributed by atoms with van der Waals surface area (Å²) in [5.41, 5.74) is 2.30. The van der Waals surface area contributed by atoms with E-state index in [0.29, 0.717) is 16.1 Å². The molecule has 6 heteroatoms. The minimum absolute atomic E-state index is 0.171. The monoisotopic (exact) mass is 389 g/mol. The fraction of sp³-hybridized carbons (Fsp3) is 0.100. The van der Waals surface area contributed by atoms with Crippen molar-refractivity contribution in [2.45, 2.75) is 17.9 Å². The van der Waals surface area contributed by atoms with Crippen LogP contribution in [0.25, 0.3) is 0 Å². The fourth-order valence-electron chi connectivity index (χ4n) is 2.58. The molecule has 3 aromatic carbocycles. The van der Waals surface area contributed by atoms with Gasteiger partial charge in [0.15, 0.2) is 0 Å². The highest BCUT2D eigenvalue weighted by molar-refractivity contribution is 7.89. The van der Waals surface area contributed by atoms with Crippen LogP contribution in [0.2, 0.25) is 5.02 Å². The van der Waals surface area contributed by atoms with Gasteiger partial charge in [-0.15, -0.1) is 0 Å². The maximum atomic E-state index is 13.3. The van der Waals surface area contributed by atoms with Crippen LogP contribution in [0, 0.1) is 12.7 Å². The van der Waals surface area contributed by atoms with E-state index in [1.54, 1.807) is 60.7 Å². The molecular weight excluding hydrogens is 373 g/mol. The summed E-state index contributed by atoms with van der Waals surface area (Å²) < 4.78 is 41.6. The Kier molecular flexibility index (Phi) is 5.41. The van der Waals surface area contributed by atoms with Gasteiger partial charge < -0.3 is 0 Å². The summed E-state index contributed by atoms with van der Waals surface area (Å²) >= 11 is 5.94. The molecule has 0 saturated heterocycles. The van der Waals surface area contributed by atoms with E-state index >= 15 is 0 Å². The summed E-state index contributed by atoms with van der Waals surface area (Å²) in [6.07, 6.45) is 0. The molecule has 0 bridgehead atoms. The van der Waals surface area contributed by atoms with Crippen LogP contribution in [0.3, 0.4) is 0 Å². The lowest BCUT2D eigenvalue weighted by Crippen LogP contribution is -2.29. The maximum Gasteiger partial charge on any atom is 0.241 e. The Morgan fingerprint density at radius 2 is 1.35 bits per heavy atom. The quantitative estimate of drug-likeness (QED) is 0.677. The highest BCUT2D eigenvalue weighted by Crippen LogP contribution is 2.26. The first kappa shape index (κ1) is 18.6. The van der Waals surface area contributed by atoms with E-state index in [2.05, 4.69) is 4.72 Å². The second-order valence-corrected chi connectivity index (χ2v) is 8.12. The van der Waals surface area contributed by atoms with E-state index in [9.17, 15) is 12.8 Å². The van der Waals surface area contributed by atoms with E-state index in [1.165, 1.54) is 12.1 Å². The molecule has 0 fully saturated rings. The molecule has 3 nitrogen and oxygen atoms in total. The van der Waals surface area contributed by atoms with Gasteiger partial charge in [-0.2, -0.15) is 4.72 Å². The molecule has 0 aliphatic rings. The first-order chi connectivity index (χ1) is 12.3. The van der Waals surface area contributed by atoms with Crippen LogP contribution in [-0.2, 0) is 10.0 Å². The van der Waals surface area contributed by atoms with Crippen molar-refractivity contribution in [1.82, 2.24) is 4.72 Å². The molecule has 0 aliphatic carbocycles. The third-order valence-electron chi connectivity index (χ3n) is 4.01. The zero-order valence-corrected chi connectivity index (χ0v) is 15.6. The molecule has 134 valence electrons. The molecule has 0 amide bonds. The Labute approximate surface area is 157 Å². The largest absolute Gasteiger partial charge is 0.241 e. The highest BCUT2D eigenvalue weighted by Gasteiger charge is 2.23. The van der Waals surface area contributed by atoms with Gasteiger partial charge in [0.25, 0.3) is 0 Å². The molecule has 1 atom stereocenters. The third kappa shape index (κ3) is 4.30. The summed E-state index contributed by atoms with van der Waals surface area (Å²) in [5.74, 6) is -0.384. The average Bonchev–Trinajstić information content (AvgIpc) is 2.62. The van der Waals surface area contributed by atoms with Crippen LogP contribution in [0.4, 0.5) is 4.39 Å². The van der Waals surface area contributed by atoms with Crippen LogP contribution in [0.5, 0.6) is 0 Å². The Morgan fingerprint density at radius 1 is 0.846 bits per heavy atom. The normalized spacial score (nSPS) is 12.7. The van der Waals surface area contributed by atoms with E-state index < -0.39 is 16.1 Å². The Bertz CT molecular complexity index is 940. The first-order valence-electron chi connectivity index (χ1n) is 7.95. The lowest BCUT2D eigenvalue weighted by Gasteiger charge is -2.20. The molecule has 0 heterocycles. The van der Waals surface area contributed by atoms with E-state index in [4.69, 9.17) is 11.6 Å². The fourth-order valence-corrected chi connectivity index (χ4v) is 3.92. The van der Waals surface area contributed by atoms with Gasteiger partial charge >= 0.3 is 0 Å². The van der Waals surface area contributed by atoms with Crippen molar-refractivity contribution in [3.8, 4) is 0 Å². The van der Waals surface area contributed by atoms with Gasteiger partial charge in [0.1, 0.15) is 5.82 Å². The number of sulfonamides is 1. The highest BCUT2D eigenvalue weighted by atomic mass is 35.5. The van der Waals surface area contributed by atoms with Crippen LogP contribution in [0.1, 0.15) is 22.7 Å². The number of aryl methyl sites for hydroxylation is 1. The molecule has 26 heavy (non-hydrogen) atoms. The molecule has 0 aliphatic heterocycles. The van der Waals surface area contributed by atoms with Crippen molar-refractivity contribution >= 4 is 21.6 Å². The predicted molar refractivity (Wildman–Crippen MR) is 101 cm³/mol. The van der Waals surface area contributed by atoms with Crippen LogP contribution in [0.15, 0.2) is 77.7 Å². The average molecular weight is 390 g/mol. The van der Waals surface area contributed by atoms with Crippen LogP contribution >= 0.6 is 11.6 Å². The number of benzene rings is 3. The van der Waals surface area contributed by atoms with Crippen LogP contribution in [-0.4, -0.2) is 8.42 Å². The van der Waals surface area contributed by atoms with Crippen LogP contribution < -0.4 is 4.72 Å². The number of nitrogens with one attached hydrogen (secondary N) is 1. The minimum Gasteiger partial charge on any atom is -0.207 e. The van der Waals surface area contributed by atoms with Gasteiger partial charge in [0.2, 0.25) is 10.0 Å². The molecule has 0 radical (unpaired) electrons. The summed E-state index contributed by atoms with van der Waals surface area (Å²) in [7, 11) is -3.77. The Morgan fingerprint density at radius 3 is 1.88 bits per heavy atom. The van der Waals surface area contributed by atoms with Gasteiger partial charge in [-0.05, 0) is 54.4 Å². The van der Waals surface area contributed by atoms with Crippen molar-refractivity contribution in [3.05, 3.63) is 100 Å². The molecule has 3 rings (SSSR count). The van der Waals surface area contributed by atoms with Gasteiger partial charge in [-0.25, -0.2) is 12.8 Å². The van der Waals surface area contributed by atoms with E-state index in [-0.39, 0.29) is 10.7 Å². The third-order valence-corrected chi connectivity index (χ3v) is 5.70. The molecule has 1 unspecified atom stereocenters. The smallest absolute Gasteiger partial charge is 0.207 e. The molecule has 3 aromatic rings. The van der Waals surface area contributed by atoms with Gasteiger partial charge in [-0.1, -0.05) is 53.6 Å². The first-order valence-corrected chi connectivity index (χ1v) is 9.81. The van der Waals surface area contributed by atoms with E-state index in [0.717, 1.165) is 5.56 Å². The van der Waals surface area contributed by atoms with Crippen molar-refractivity contribution in [2.75, 3.05) is 0 Å². The van der Waals surface area contributed by atoms with E-state index in [1.807, 2.05) is 6.92 Å². The zero-order chi connectivity index (χ0) is 18.7. The molecular formula is C20H17ClFNO2S. The SMILES string of the molecule is Cc1ccc(S(=O)(=O)NC(c2ccc(F)cc2)c2ccc(Cl)cc2)cc1. The zero-order valence-electron chi connectivity index (χ0n) is 14.0. The van der Waals surface area contributed by atoms with Gasteiger partial charge in [0, 0.05) is 5.02 Å². The summed E-state index contributed by atoms with van der Waals surface area (Å²) in [6.45, 7) is 1.89. The Balaban J connectivity index is 2.01. The molecule has 1 N–H and O–H groups in total. The number of halogens is 2. The number of rotatable bonds is 5. The molecule has 0 spiro atoms.